The number of rotatable bonds is 3. The van der Waals surface area contributed by atoms with Crippen molar-refractivity contribution in [3.8, 4) is 0 Å². The SMILES string of the molecule is C[C@@H]1CN(C(=O)C2COCCN(C(=O)Cc3nnc(N)s3)C2)C[C@H](C)O1. The quantitative estimate of drug-likeness (QED) is 0.768. The molecule has 3 heterocycles. The molecule has 26 heavy (non-hydrogen) atoms. The zero-order chi connectivity index (χ0) is 18.7. The van der Waals surface area contributed by atoms with Crippen molar-refractivity contribution in [3.63, 3.8) is 0 Å². The lowest BCUT2D eigenvalue weighted by atomic mass is 10.1. The van der Waals surface area contributed by atoms with E-state index >= 15 is 0 Å². The number of hydrogen-bond acceptors (Lipinski definition) is 8. The number of anilines is 1. The number of hydrogen-bond donors (Lipinski definition) is 1. The molecule has 0 spiro atoms. The molecule has 3 rings (SSSR count). The van der Waals surface area contributed by atoms with Crippen LogP contribution in [-0.4, -0.2) is 83.4 Å². The van der Waals surface area contributed by atoms with Crippen molar-refractivity contribution in [2.24, 2.45) is 5.92 Å². The fourth-order valence-corrected chi connectivity index (χ4v) is 3.98. The van der Waals surface area contributed by atoms with Crippen LogP contribution in [0.15, 0.2) is 0 Å². The maximum Gasteiger partial charge on any atom is 0.229 e. The second kappa shape index (κ2) is 8.28. The first-order valence-corrected chi connectivity index (χ1v) is 9.61. The van der Waals surface area contributed by atoms with E-state index in [1.165, 1.54) is 11.3 Å². The van der Waals surface area contributed by atoms with E-state index in [1.54, 1.807) is 4.90 Å². The van der Waals surface area contributed by atoms with Crippen molar-refractivity contribution in [2.75, 3.05) is 45.1 Å². The number of aromatic nitrogens is 2. The van der Waals surface area contributed by atoms with Crippen molar-refractivity contribution >= 4 is 28.3 Å². The number of carbonyl (C=O) groups is 2. The Bertz CT molecular complexity index is 644. The molecule has 1 unspecified atom stereocenters. The van der Waals surface area contributed by atoms with Crippen LogP contribution in [0.2, 0.25) is 0 Å². The first kappa shape index (κ1) is 19.0. The molecule has 3 atom stereocenters. The largest absolute Gasteiger partial charge is 0.379 e. The summed E-state index contributed by atoms with van der Waals surface area (Å²) in [5.74, 6) is -0.432. The molecular formula is C16H25N5O4S. The zero-order valence-electron chi connectivity index (χ0n) is 15.1. The summed E-state index contributed by atoms with van der Waals surface area (Å²) in [5.41, 5.74) is 5.56. The fraction of sp³-hybridized carbons (Fsp3) is 0.750. The van der Waals surface area contributed by atoms with Crippen LogP contribution in [0.1, 0.15) is 18.9 Å². The molecule has 144 valence electrons. The Kier molecular flexibility index (Phi) is 6.05. The number of morpholine rings is 1. The number of nitrogens with zero attached hydrogens (tertiary/aromatic N) is 4. The fourth-order valence-electron chi connectivity index (χ4n) is 3.38. The lowest BCUT2D eigenvalue weighted by Gasteiger charge is -2.37. The van der Waals surface area contributed by atoms with Gasteiger partial charge in [0.05, 0.1) is 37.8 Å². The van der Waals surface area contributed by atoms with E-state index in [4.69, 9.17) is 15.2 Å². The second-order valence-corrected chi connectivity index (χ2v) is 7.92. The second-order valence-electron chi connectivity index (χ2n) is 6.82. The highest BCUT2D eigenvalue weighted by Crippen LogP contribution is 2.18. The van der Waals surface area contributed by atoms with Gasteiger partial charge < -0.3 is 25.0 Å². The molecule has 1 aromatic rings. The summed E-state index contributed by atoms with van der Waals surface area (Å²) < 4.78 is 11.3. The predicted molar refractivity (Wildman–Crippen MR) is 95.5 cm³/mol. The molecule has 0 aromatic carbocycles. The Morgan fingerprint density at radius 3 is 2.58 bits per heavy atom. The highest BCUT2D eigenvalue weighted by Gasteiger charge is 2.34. The Labute approximate surface area is 156 Å². The third-order valence-electron chi connectivity index (χ3n) is 4.48. The molecule has 9 nitrogen and oxygen atoms in total. The van der Waals surface area contributed by atoms with Crippen LogP contribution in [0.25, 0.3) is 0 Å². The normalized spacial score (nSPS) is 27.2. The monoisotopic (exact) mass is 383 g/mol. The Hall–Kier alpha value is -1.78. The van der Waals surface area contributed by atoms with E-state index in [0.29, 0.717) is 49.5 Å². The highest BCUT2D eigenvalue weighted by atomic mass is 32.1. The third kappa shape index (κ3) is 4.68. The first-order valence-electron chi connectivity index (χ1n) is 8.80. The summed E-state index contributed by atoms with van der Waals surface area (Å²) in [7, 11) is 0. The van der Waals surface area contributed by atoms with Gasteiger partial charge in [0.15, 0.2) is 0 Å². The van der Waals surface area contributed by atoms with Gasteiger partial charge in [0.2, 0.25) is 16.9 Å². The van der Waals surface area contributed by atoms with E-state index in [0.717, 1.165) is 0 Å². The summed E-state index contributed by atoms with van der Waals surface area (Å²) in [6.07, 6.45) is 0.159. The molecule has 0 saturated carbocycles. The van der Waals surface area contributed by atoms with Gasteiger partial charge in [-0.2, -0.15) is 0 Å². The standard InChI is InChI=1S/C16H25N5O4S/c1-10-6-21(7-11(2)25-10)15(23)12-8-20(3-4-24-9-12)14(22)5-13-18-19-16(17)26-13/h10-12H,3-9H2,1-2H3,(H2,17,19)/t10-,11+,12?. The summed E-state index contributed by atoms with van der Waals surface area (Å²) in [4.78, 5) is 29.1. The highest BCUT2D eigenvalue weighted by molar-refractivity contribution is 7.15. The minimum Gasteiger partial charge on any atom is -0.379 e. The van der Waals surface area contributed by atoms with Crippen molar-refractivity contribution in [1.82, 2.24) is 20.0 Å². The van der Waals surface area contributed by atoms with Gasteiger partial charge in [0, 0.05) is 26.2 Å². The number of ether oxygens (including phenoxy) is 2. The van der Waals surface area contributed by atoms with Gasteiger partial charge in [-0.05, 0) is 13.8 Å². The van der Waals surface area contributed by atoms with Gasteiger partial charge in [-0.15, -0.1) is 10.2 Å². The van der Waals surface area contributed by atoms with Crippen LogP contribution in [0.3, 0.4) is 0 Å². The molecule has 1 aromatic heterocycles. The van der Waals surface area contributed by atoms with Crippen LogP contribution in [0, 0.1) is 5.92 Å². The molecule has 2 saturated heterocycles. The number of amides is 2. The van der Waals surface area contributed by atoms with Gasteiger partial charge in [0.1, 0.15) is 5.01 Å². The average molecular weight is 383 g/mol. The molecular weight excluding hydrogens is 358 g/mol. The number of carbonyl (C=O) groups excluding carboxylic acids is 2. The van der Waals surface area contributed by atoms with Crippen molar-refractivity contribution in [2.45, 2.75) is 32.5 Å². The van der Waals surface area contributed by atoms with Crippen LogP contribution < -0.4 is 5.73 Å². The van der Waals surface area contributed by atoms with Crippen molar-refractivity contribution < 1.29 is 19.1 Å². The minimum absolute atomic E-state index is 0.00925. The maximum atomic E-state index is 12.9. The summed E-state index contributed by atoms with van der Waals surface area (Å²) >= 11 is 1.20. The van der Waals surface area contributed by atoms with Crippen molar-refractivity contribution in [1.29, 1.82) is 0 Å². The molecule has 2 amide bonds. The van der Waals surface area contributed by atoms with Gasteiger partial charge in [-0.3, -0.25) is 9.59 Å². The van der Waals surface area contributed by atoms with Crippen LogP contribution in [0.4, 0.5) is 5.13 Å². The molecule has 0 aliphatic carbocycles. The molecule has 2 N–H and O–H groups in total. The van der Waals surface area contributed by atoms with E-state index in [9.17, 15) is 9.59 Å². The molecule has 0 radical (unpaired) electrons. The summed E-state index contributed by atoms with van der Waals surface area (Å²) in [5, 5.41) is 8.55. The molecule has 2 aliphatic rings. The van der Waals surface area contributed by atoms with Crippen molar-refractivity contribution in [3.05, 3.63) is 5.01 Å². The molecule has 2 aliphatic heterocycles. The lowest BCUT2D eigenvalue weighted by Crippen LogP contribution is -2.52. The Morgan fingerprint density at radius 2 is 1.92 bits per heavy atom. The van der Waals surface area contributed by atoms with Crippen LogP contribution in [-0.2, 0) is 25.5 Å². The van der Waals surface area contributed by atoms with E-state index in [2.05, 4.69) is 10.2 Å². The maximum absolute atomic E-state index is 12.9. The van der Waals surface area contributed by atoms with Gasteiger partial charge in [-0.1, -0.05) is 11.3 Å². The van der Waals surface area contributed by atoms with Crippen LogP contribution in [0.5, 0.6) is 0 Å². The number of nitrogen functional groups attached to an aromatic ring is 1. The van der Waals surface area contributed by atoms with Gasteiger partial charge >= 0.3 is 0 Å². The first-order chi connectivity index (χ1) is 12.4. The topological polar surface area (TPSA) is 111 Å². The van der Waals surface area contributed by atoms with E-state index < -0.39 is 0 Å². The Morgan fingerprint density at radius 1 is 1.19 bits per heavy atom. The molecule has 2 fully saturated rings. The summed E-state index contributed by atoms with van der Waals surface area (Å²) in [6, 6.07) is 0. The Balaban J connectivity index is 1.63. The van der Waals surface area contributed by atoms with E-state index in [1.807, 2.05) is 18.7 Å². The number of nitrogens with two attached hydrogens (primary N) is 1. The van der Waals surface area contributed by atoms with E-state index in [-0.39, 0.29) is 36.4 Å². The van der Waals surface area contributed by atoms with Gasteiger partial charge in [0.25, 0.3) is 0 Å². The summed E-state index contributed by atoms with van der Waals surface area (Å²) in [6.45, 7) is 6.62. The predicted octanol–water partition coefficient (Wildman–Crippen LogP) is -0.226. The molecule has 0 bridgehead atoms. The average Bonchev–Trinajstić information content (AvgIpc) is 2.84. The van der Waals surface area contributed by atoms with Crippen LogP contribution >= 0.6 is 11.3 Å². The minimum atomic E-state index is -0.363. The smallest absolute Gasteiger partial charge is 0.229 e. The lowest BCUT2D eigenvalue weighted by molar-refractivity contribution is -0.149. The molecule has 10 heteroatoms. The van der Waals surface area contributed by atoms with Gasteiger partial charge in [-0.25, -0.2) is 0 Å². The zero-order valence-corrected chi connectivity index (χ0v) is 15.9. The third-order valence-corrected chi connectivity index (χ3v) is 5.24.